The zero-order valence-electron chi connectivity index (χ0n) is 22.0. The fraction of sp³-hybridized carbons (Fsp3) is 0.444. The van der Waals surface area contributed by atoms with Gasteiger partial charge in [-0.25, -0.2) is 13.4 Å². The maximum Gasteiger partial charge on any atom is 0.404 e. The molecule has 0 bridgehead atoms. The molecule has 1 saturated carbocycles. The SMILES string of the molecule is CC(NS(=O)(=O)c1ccc(-c2sc(C(=O)NC3CNC(C(=O)O)C3)nc2CC2CCC2)c2ccccc12)C(F)(F)F. The Balaban J connectivity index is 1.51. The number of hydrogen-bond donors (Lipinski definition) is 4. The van der Waals surface area contributed by atoms with Crippen molar-refractivity contribution in [2.45, 2.75) is 68.2 Å². The number of hydrogen-bond acceptors (Lipinski definition) is 7. The number of nitrogens with zero attached hydrogens (tertiary/aromatic N) is 1. The molecule has 1 saturated heterocycles. The number of thiazole rings is 1. The first kappa shape index (κ1) is 29.4. The van der Waals surface area contributed by atoms with Crippen LogP contribution in [0.4, 0.5) is 13.2 Å². The van der Waals surface area contributed by atoms with Crippen molar-refractivity contribution < 1.29 is 36.3 Å². The number of fused-ring (bicyclic) bond motifs is 1. The fourth-order valence-corrected chi connectivity index (χ4v) is 7.59. The topological polar surface area (TPSA) is 137 Å². The van der Waals surface area contributed by atoms with E-state index in [2.05, 4.69) is 15.6 Å². The maximum absolute atomic E-state index is 13.2. The highest BCUT2D eigenvalue weighted by atomic mass is 32.2. The van der Waals surface area contributed by atoms with E-state index in [-0.39, 0.29) is 27.8 Å². The molecule has 2 aliphatic rings. The first-order valence-corrected chi connectivity index (χ1v) is 15.5. The predicted molar refractivity (Wildman–Crippen MR) is 147 cm³/mol. The van der Waals surface area contributed by atoms with Crippen LogP contribution in [-0.4, -0.2) is 61.2 Å². The summed E-state index contributed by atoms with van der Waals surface area (Å²) in [5.41, 5.74) is 1.32. The number of carboxylic acids is 1. The Kier molecular flexibility index (Phi) is 8.12. The lowest BCUT2D eigenvalue weighted by molar-refractivity contribution is -0.147. The number of aliphatic carboxylic acids is 1. The standard InChI is InChI=1S/C27H29F3N4O5S2/c1-14(27(28,29)30)34-41(38,39)22-10-9-19(17-7-2-3-8-18(17)22)23-20(11-15-5-4-6-15)33-25(40-23)24(35)32-16-12-21(26(36)37)31-13-16/h2-3,7-10,14-16,21,31,34H,4-6,11-13H2,1H3,(H,32,35)(H,36,37). The number of alkyl halides is 3. The Labute approximate surface area is 238 Å². The number of rotatable bonds is 9. The summed E-state index contributed by atoms with van der Waals surface area (Å²) in [5.74, 6) is -1.01. The van der Waals surface area contributed by atoms with Crippen LogP contribution in [-0.2, 0) is 21.2 Å². The second-order valence-electron chi connectivity index (χ2n) is 10.5. The van der Waals surface area contributed by atoms with Gasteiger partial charge in [0.15, 0.2) is 5.01 Å². The van der Waals surface area contributed by atoms with E-state index in [4.69, 9.17) is 0 Å². The minimum absolute atomic E-state index is 0.203. The number of halogens is 3. The molecule has 41 heavy (non-hydrogen) atoms. The molecule has 3 unspecified atom stereocenters. The summed E-state index contributed by atoms with van der Waals surface area (Å²) in [6.07, 6.45) is -0.703. The third-order valence-electron chi connectivity index (χ3n) is 7.60. The minimum atomic E-state index is -4.75. The van der Waals surface area contributed by atoms with Gasteiger partial charge in [0.1, 0.15) is 12.1 Å². The number of sulfonamides is 1. The number of carboxylic acid groups (broad SMARTS) is 1. The van der Waals surface area contributed by atoms with Crippen molar-refractivity contribution in [2.24, 2.45) is 5.92 Å². The van der Waals surface area contributed by atoms with Crippen LogP contribution in [0, 0.1) is 5.92 Å². The molecule has 1 aliphatic carbocycles. The first-order chi connectivity index (χ1) is 19.3. The summed E-state index contributed by atoms with van der Waals surface area (Å²) in [6.45, 7) is 1.06. The highest BCUT2D eigenvalue weighted by Gasteiger charge is 2.39. The molecule has 0 radical (unpaired) electrons. The third-order valence-corrected chi connectivity index (χ3v) is 10.3. The predicted octanol–water partition coefficient (Wildman–Crippen LogP) is 4.08. The van der Waals surface area contributed by atoms with Crippen molar-refractivity contribution >= 4 is 44.0 Å². The van der Waals surface area contributed by atoms with Gasteiger partial charge in [-0.1, -0.05) is 49.6 Å². The summed E-state index contributed by atoms with van der Waals surface area (Å²) in [4.78, 5) is 29.5. The van der Waals surface area contributed by atoms with Gasteiger partial charge in [0.2, 0.25) is 10.0 Å². The Hall–Kier alpha value is -3.07. The van der Waals surface area contributed by atoms with Gasteiger partial charge in [0, 0.05) is 23.5 Å². The molecule has 220 valence electrons. The highest BCUT2D eigenvalue weighted by Crippen LogP contribution is 2.40. The van der Waals surface area contributed by atoms with Crippen LogP contribution < -0.4 is 15.4 Å². The minimum Gasteiger partial charge on any atom is -0.480 e. The summed E-state index contributed by atoms with van der Waals surface area (Å²) in [7, 11) is -4.52. The monoisotopic (exact) mass is 610 g/mol. The average molecular weight is 611 g/mol. The van der Waals surface area contributed by atoms with Gasteiger partial charge in [0.05, 0.1) is 15.5 Å². The molecule has 1 amide bonds. The molecule has 14 heteroatoms. The molecule has 1 aliphatic heterocycles. The molecule has 1 aromatic heterocycles. The maximum atomic E-state index is 13.2. The summed E-state index contributed by atoms with van der Waals surface area (Å²) in [5, 5.41) is 15.9. The third kappa shape index (κ3) is 6.25. The molecule has 2 heterocycles. The summed E-state index contributed by atoms with van der Waals surface area (Å²) in [6, 6.07) is 6.00. The molecule has 5 rings (SSSR count). The van der Waals surface area contributed by atoms with E-state index in [1.807, 2.05) is 0 Å². The van der Waals surface area contributed by atoms with Crippen molar-refractivity contribution in [1.82, 2.24) is 20.3 Å². The lowest BCUT2D eigenvalue weighted by atomic mass is 9.81. The van der Waals surface area contributed by atoms with Crippen LogP contribution >= 0.6 is 11.3 Å². The van der Waals surface area contributed by atoms with E-state index in [9.17, 15) is 36.3 Å². The second-order valence-corrected chi connectivity index (χ2v) is 13.2. The number of carbonyl (C=O) groups is 2. The van der Waals surface area contributed by atoms with Crippen LogP contribution in [0.3, 0.4) is 0 Å². The van der Waals surface area contributed by atoms with Crippen LogP contribution in [0.2, 0.25) is 0 Å². The van der Waals surface area contributed by atoms with Gasteiger partial charge in [-0.15, -0.1) is 11.3 Å². The fourth-order valence-electron chi connectivity index (χ4n) is 5.12. The van der Waals surface area contributed by atoms with Crippen molar-refractivity contribution in [3.63, 3.8) is 0 Å². The van der Waals surface area contributed by atoms with E-state index >= 15 is 0 Å². The van der Waals surface area contributed by atoms with Gasteiger partial charge in [-0.05, 0) is 37.1 Å². The smallest absolute Gasteiger partial charge is 0.404 e. The van der Waals surface area contributed by atoms with Gasteiger partial charge in [-0.2, -0.15) is 17.9 Å². The van der Waals surface area contributed by atoms with Crippen LogP contribution in [0.5, 0.6) is 0 Å². The number of aromatic nitrogens is 1. The number of amides is 1. The number of benzene rings is 2. The Morgan fingerprint density at radius 1 is 1.17 bits per heavy atom. The molecule has 9 nitrogen and oxygen atoms in total. The average Bonchev–Trinajstić information content (AvgIpc) is 3.52. The quantitative estimate of drug-likeness (QED) is 0.287. The summed E-state index contributed by atoms with van der Waals surface area (Å²) >= 11 is 1.16. The molecule has 2 fully saturated rings. The zero-order chi connectivity index (χ0) is 29.5. The lowest BCUT2D eigenvalue weighted by Gasteiger charge is -2.24. The van der Waals surface area contributed by atoms with E-state index in [1.165, 1.54) is 12.1 Å². The van der Waals surface area contributed by atoms with Crippen LogP contribution in [0.1, 0.15) is 48.1 Å². The Morgan fingerprint density at radius 3 is 2.49 bits per heavy atom. The largest absolute Gasteiger partial charge is 0.480 e. The molecule has 3 aromatic rings. The van der Waals surface area contributed by atoms with E-state index in [0.717, 1.165) is 37.5 Å². The summed E-state index contributed by atoms with van der Waals surface area (Å²) < 4.78 is 67.2. The molecular weight excluding hydrogens is 581 g/mol. The molecular formula is C27H29F3N4O5S2. The lowest BCUT2D eigenvalue weighted by Crippen LogP contribution is -2.43. The van der Waals surface area contributed by atoms with E-state index in [1.54, 1.807) is 29.0 Å². The number of nitrogens with one attached hydrogen (secondary N) is 3. The number of carbonyl (C=O) groups excluding carboxylic acids is 1. The van der Waals surface area contributed by atoms with Gasteiger partial charge in [0.25, 0.3) is 5.91 Å². The Bertz CT molecular complexity index is 1590. The van der Waals surface area contributed by atoms with Gasteiger partial charge in [-0.3, -0.25) is 9.59 Å². The van der Waals surface area contributed by atoms with Crippen LogP contribution in [0.15, 0.2) is 41.3 Å². The van der Waals surface area contributed by atoms with E-state index in [0.29, 0.717) is 40.4 Å². The zero-order valence-corrected chi connectivity index (χ0v) is 23.6. The highest BCUT2D eigenvalue weighted by molar-refractivity contribution is 7.89. The van der Waals surface area contributed by atoms with Crippen molar-refractivity contribution in [2.75, 3.05) is 6.54 Å². The Morgan fingerprint density at radius 2 is 1.88 bits per heavy atom. The molecule has 3 atom stereocenters. The van der Waals surface area contributed by atoms with Crippen molar-refractivity contribution in [3.05, 3.63) is 47.1 Å². The van der Waals surface area contributed by atoms with Crippen molar-refractivity contribution in [3.8, 4) is 10.4 Å². The van der Waals surface area contributed by atoms with Crippen molar-refractivity contribution in [1.29, 1.82) is 0 Å². The molecule has 4 N–H and O–H groups in total. The van der Waals surface area contributed by atoms with Gasteiger partial charge >= 0.3 is 12.1 Å². The van der Waals surface area contributed by atoms with E-state index < -0.39 is 40.2 Å². The second kappa shape index (κ2) is 11.3. The molecule has 0 spiro atoms. The first-order valence-electron chi connectivity index (χ1n) is 13.2. The van der Waals surface area contributed by atoms with Crippen LogP contribution in [0.25, 0.3) is 21.2 Å². The molecule has 2 aromatic carbocycles. The van der Waals surface area contributed by atoms with Gasteiger partial charge < -0.3 is 15.7 Å². The normalized spacial score (nSPS) is 20.6.